The molecule has 100 valence electrons. The lowest BCUT2D eigenvalue weighted by Crippen LogP contribution is -1.96. The van der Waals surface area contributed by atoms with Gasteiger partial charge in [0.2, 0.25) is 0 Å². The van der Waals surface area contributed by atoms with Crippen LogP contribution in [0.25, 0.3) is 22.4 Å². The van der Waals surface area contributed by atoms with Crippen LogP contribution in [0.1, 0.15) is 0 Å². The second kappa shape index (κ2) is 5.56. The Kier molecular flexibility index (Phi) is 3.95. The number of rotatable bonds is 1. The molecule has 2 aromatic heterocycles. The summed E-state index contributed by atoms with van der Waals surface area (Å²) in [6.07, 6.45) is 0. The number of nitrogens with zero attached hydrogens (tertiary/aromatic N) is 3. The van der Waals surface area contributed by atoms with E-state index in [-0.39, 0.29) is 10.3 Å². The van der Waals surface area contributed by atoms with Crippen molar-refractivity contribution in [3.05, 3.63) is 49.6 Å². The molecule has 0 spiro atoms. The first-order valence-corrected chi connectivity index (χ1v) is 7.84. The molecule has 0 bridgehead atoms. The fourth-order valence-corrected chi connectivity index (χ4v) is 2.82. The molecule has 0 radical (unpaired) electrons. The standard InChI is InChI=1S/C13H5Br2Cl2N3/c14-7-5-6-3-1-2-4-8(6)18-10(7)13-19-11(16)9(15)12(17)20-13/h1-5H. The third-order valence-corrected chi connectivity index (χ3v) is 5.02. The van der Waals surface area contributed by atoms with Gasteiger partial charge < -0.3 is 0 Å². The summed E-state index contributed by atoms with van der Waals surface area (Å²) in [5.41, 5.74) is 1.45. The molecule has 3 rings (SSSR count). The van der Waals surface area contributed by atoms with Crippen molar-refractivity contribution >= 4 is 66.0 Å². The van der Waals surface area contributed by atoms with E-state index in [4.69, 9.17) is 23.2 Å². The van der Waals surface area contributed by atoms with Gasteiger partial charge in [-0.2, -0.15) is 0 Å². The summed E-state index contributed by atoms with van der Waals surface area (Å²) in [6.45, 7) is 0. The van der Waals surface area contributed by atoms with Gasteiger partial charge in [0, 0.05) is 9.86 Å². The van der Waals surface area contributed by atoms with E-state index in [0.29, 0.717) is 16.0 Å². The fourth-order valence-electron chi connectivity index (χ4n) is 1.75. The second-order valence-corrected chi connectivity index (χ2v) is 6.32. The molecule has 0 atom stereocenters. The molecule has 0 saturated heterocycles. The molecule has 7 heteroatoms. The molecule has 3 nitrogen and oxygen atoms in total. The highest BCUT2D eigenvalue weighted by molar-refractivity contribution is 9.11. The molecular formula is C13H5Br2Cl2N3. The number of aromatic nitrogens is 3. The predicted molar refractivity (Wildman–Crippen MR) is 88.2 cm³/mol. The number of benzene rings is 1. The van der Waals surface area contributed by atoms with Crippen molar-refractivity contribution in [1.29, 1.82) is 0 Å². The number of pyridine rings is 1. The summed E-state index contributed by atoms with van der Waals surface area (Å²) < 4.78 is 1.26. The van der Waals surface area contributed by atoms with Crippen LogP contribution in [0.3, 0.4) is 0 Å². The van der Waals surface area contributed by atoms with Gasteiger partial charge in [0.05, 0.1) is 9.99 Å². The minimum absolute atomic E-state index is 0.252. The highest BCUT2D eigenvalue weighted by atomic mass is 79.9. The van der Waals surface area contributed by atoms with Crippen molar-refractivity contribution in [2.24, 2.45) is 0 Å². The summed E-state index contributed by atoms with van der Waals surface area (Å²) in [5, 5.41) is 1.53. The van der Waals surface area contributed by atoms with Gasteiger partial charge in [-0.25, -0.2) is 15.0 Å². The predicted octanol–water partition coefficient (Wildman–Crippen LogP) is 5.52. The van der Waals surface area contributed by atoms with E-state index in [9.17, 15) is 0 Å². The maximum Gasteiger partial charge on any atom is 0.182 e. The van der Waals surface area contributed by atoms with E-state index in [2.05, 4.69) is 46.8 Å². The van der Waals surface area contributed by atoms with E-state index in [1.165, 1.54) is 0 Å². The van der Waals surface area contributed by atoms with Crippen LogP contribution in [0, 0.1) is 0 Å². The molecule has 0 unspecified atom stereocenters. The lowest BCUT2D eigenvalue weighted by atomic mass is 10.2. The van der Waals surface area contributed by atoms with Gasteiger partial charge in [-0.1, -0.05) is 41.4 Å². The monoisotopic (exact) mass is 431 g/mol. The van der Waals surface area contributed by atoms with E-state index in [0.717, 1.165) is 15.4 Å². The first-order valence-electron chi connectivity index (χ1n) is 5.50. The minimum Gasteiger partial charge on any atom is -0.243 e. The van der Waals surface area contributed by atoms with E-state index >= 15 is 0 Å². The van der Waals surface area contributed by atoms with Crippen molar-refractivity contribution in [3.8, 4) is 11.5 Å². The zero-order valence-electron chi connectivity index (χ0n) is 9.74. The van der Waals surface area contributed by atoms with Gasteiger partial charge in [0.25, 0.3) is 0 Å². The van der Waals surface area contributed by atoms with Crippen molar-refractivity contribution in [1.82, 2.24) is 15.0 Å². The minimum atomic E-state index is 0.252. The normalized spacial score (nSPS) is 11.0. The summed E-state index contributed by atoms with van der Waals surface area (Å²) in [5.74, 6) is 0.376. The lowest BCUT2D eigenvalue weighted by molar-refractivity contribution is 1.13. The highest BCUT2D eigenvalue weighted by Crippen LogP contribution is 2.32. The molecule has 0 N–H and O–H groups in total. The topological polar surface area (TPSA) is 38.7 Å². The Balaban J connectivity index is 2.26. The Hall–Kier alpha value is -0.750. The number of hydrogen-bond acceptors (Lipinski definition) is 3. The van der Waals surface area contributed by atoms with E-state index in [1.54, 1.807) is 0 Å². The number of halogens is 4. The Morgan fingerprint density at radius 2 is 1.55 bits per heavy atom. The van der Waals surface area contributed by atoms with Crippen molar-refractivity contribution in [2.75, 3.05) is 0 Å². The maximum absolute atomic E-state index is 6.01. The second-order valence-electron chi connectivity index (χ2n) is 3.95. The van der Waals surface area contributed by atoms with Gasteiger partial charge in [-0.15, -0.1) is 0 Å². The zero-order chi connectivity index (χ0) is 14.3. The average Bonchev–Trinajstić information content (AvgIpc) is 2.43. The maximum atomic E-state index is 6.01. The largest absolute Gasteiger partial charge is 0.243 e. The van der Waals surface area contributed by atoms with Crippen LogP contribution in [0.15, 0.2) is 39.3 Å². The molecule has 0 aliphatic heterocycles. The Bertz CT molecular complexity index is 801. The number of hydrogen-bond donors (Lipinski definition) is 0. The molecule has 2 heterocycles. The molecule has 20 heavy (non-hydrogen) atoms. The zero-order valence-corrected chi connectivity index (χ0v) is 14.4. The van der Waals surface area contributed by atoms with Gasteiger partial charge in [-0.05, 0) is 44.0 Å². The lowest BCUT2D eigenvalue weighted by Gasteiger charge is -2.07. The summed E-state index contributed by atoms with van der Waals surface area (Å²) in [7, 11) is 0. The van der Waals surface area contributed by atoms with Crippen LogP contribution in [-0.4, -0.2) is 15.0 Å². The number of para-hydroxylation sites is 1. The van der Waals surface area contributed by atoms with Crippen LogP contribution in [-0.2, 0) is 0 Å². The number of fused-ring (bicyclic) bond motifs is 1. The third-order valence-electron chi connectivity index (χ3n) is 2.66. The molecule has 0 aliphatic rings. The van der Waals surface area contributed by atoms with Gasteiger partial charge in [0.1, 0.15) is 16.0 Å². The average molecular weight is 434 g/mol. The Morgan fingerprint density at radius 1 is 0.900 bits per heavy atom. The van der Waals surface area contributed by atoms with Crippen LogP contribution in [0.5, 0.6) is 0 Å². The van der Waals surface area contributed by atoms with Crippen molar-refractivity contribution in [2.45, 2.75) is 0 Å². The fraction of sp³-hybridized carbons (Fsp3) is 0. The molecule has 0 fully saturated rings. The van der Waals surface area contributed by atoms with Crippen LogP contribution in [0.4, 0.5) is 0 Å². The molecule has 0 aliphatic carbocycles. The molecule has 1 aromatic carbocycles. The Morgan fingerprint density at radius 3 is 2.25 bits per heavy atom. The van der Waals surface area contributed by atoms with Crippen LogP contribution in [0.2, 0.25) is 10.3 Å². The van der Waals surface area contributed by atoms with E-state index < -0.39 is 0 Å². The Labute approximate surface area is 141 Å². The first kappa shape index (κ1) is 14.2. The van der Waals surface area contributed by atoms with E-state index in [1.807, 2.05) is 30.3 Å². The van der Waals surface area contributed by atoms with Crippen molar-refractivity contribution in [3.63, 3.8) is 0 Å². The van der Waals surface area contributed by atoms with Gasteiger partial charge in [-0.3, -0.25) is 0 Å². The highest BCUT2D eigenvalue weighted by Gasteiger charge is 2.14. The smallest absolute Gasteiger partial charge is 0.182 e. The van der Waals surface area contributed by atoms with Crippen LogP contribution >= 0.6 is 55.1 Å². The molecular weight excluding hydrogens is 429 g/mol. The summed E-state index contributed by atoms with van der Waals surface area (Å²) in [6, 6.07) is 9.76. The van der Waals surface area contributed by atoms with Gasteiger partial charge in [0.15, 0.2) is 5.82 Å². The summed E-state index contributed by atoms with van der Waals surface area (Å²) >= 11 is 18.7. The molecule has 3 aromatic rings. The van der Waals surface area contributed by atoms with Crippen LogP contribution < -0.4 is 0 Å². The molecule has 0 amide bonds. The summed E-state index contributed by atoms with van der Waals surface area (Å²) in [4.78, 5) is 13.0. The van der Waals surface area contributed by atoms with Crippen molar-refractivity contribution < 1.29 is 0 Å². The first-order chi connectivity index (χ1) is 9.56. The third kappa shape index (κ3) is 2.55. The molecule has 0 saturated carbocycles. The SMILES string of the molecule is Clc1nc(-c2nc3ccccc3cc2Br)nc(Cl)c1Br. The quantitative estimate of drug-likeness (QED) is 0.474. The van der Waals surface area contributed by atoms with Gasteiger partial charge >= 0.3 is 0 Å².